The second-order valence-electron chi connectivity index (χ2n) is 10.4. The van der Waals surface area contributed by atoms with Crippen molar-refractivity contribution in [2.75, 3.05) is 45.9 Å². The predicted molar refractivity (Wildman–Crippen MR) is 146 cm³/mol. The first-order chi connectivity index (χ1) is 17.8. The monoisotopic (exact) mass is 495 g/mol. The topological polar surface area (TPSA) is 54.0 Å². The lowest BCUT2D eigenvalue weighted by atomic mass is 10.0. The summed E-state index contributed by atoms with van der Waals surface area (Å²) >= 11 is 0. The first kappa shape index (κ1) is 27.1. The van der Waals surface area contributed by atoms with E-state index in [2.05, 4.69) is 57.7 Å². The van der Waals surface area contributed by atoms with Crippen LogP contribution < -0.4 is 5.48 Å². The molecule has 0 aliphatic carbocycles. The van der Waals surface area contributed by atoms with E-state index in [1.54, 1.807) is 0 Å². The van der Waals surface area contributed by atoms with Crippen molar-refractivity contribution in [2.24, 2.45) is 0 Å². The van der Waals surface area contributed by atoms with Crippen LogP contribution in [-0.2, 0) is 20.8 Å². The molecule has 4 rings (SSSR count). The number of amides is 1. The Morgan fingerprint density at radius 3 is 2.64 bits per heavy atom. The zero-order valence-electron chi connectivity index (χ0n) is 22.0. The normalized spacial score (nSPS) is 18.8. The van der Waals surface area contributed by atoms with Crippen LogP contribution in [0, 0.1) is 0 Å². The van der Waals surface area contributed by atoms with Crippen LogP contribution in [0.15, 0.2) is 42.5 Å². The van der Waals surface area contributed by atoms with E-state index in [9.17, 15) is 4.79 Å². The Kier molecular flexibility index (Phi) is 11.5. The van der Waals surface area contributed by atoms with E-state index in [1.165, 1.54) is 55.2 Å². The van der Waals surface area contributed by atoms with Crippen molar-refractivity contribution in [3.8, 4) is 0 Å². The Hall–Kier alpha value is -1.99. The molecule has 6 nitrogen and oxygen atoms in total. The number of benzene rings is 2. The number of unbranched alkanes of at least 4 members (excludes halogenated alkanes) is 2. The van der Waals surface area contributed by atoms with Crippen LogP contribution in [0.25, 0.3) is 10.8 Å². The fourth-order valence-corrected chi connectivity index (χ4v) is 5.43. The smallest absolute Gasteiger partial charge is 0.243 e. The molecule has 0 aromatic heterocycles. The summed E-state index contributed by atoms with van der Waals surface area (Å²) in [4.78, 5) is 22.8. The molecule has 0 bridgehead atoms. The fourth-order valence-electron chi connectivity index (χ4n) is 5.43. The third kappa shape index (κ3) is 9.15. The van der Waals surface area contributed by atoms with Gasteiger partial charge < -0.3 is 14.5 Å². The summed E-state index contributed by atoms with van der Waals surface area (Å²) in [5, 5.41) is 2.71. The van der Waals surface area contributed by atoms with Crippen LogP contribution in [0.2, 0.25) is 0 Å². The van der Waals surface area contributed by atoms with E-state index in [1.807, 2.05) is 0 Å². The van der Waals surface area contributed by atoms with Gasteiger partial charge in [0.05, 0.1) is 0 Å². The molecule has 2 heterocycles. The molecule has 198 valence electrons. The number of likely N-dealkylation sites (tertiary alicyclic amines) is 1. The number of carbonyl (C=O) groups is 1. The Morgan fingerprint density at radius 2 is 1.78 bits per heavy atom. The maximum atomic E-state index is 12.1. The lowest BCUT2D eigenvalue weighted by molar-refractivity contribution is -0.200. The number of hydrogen-bond donors (Lipinski definition) is 1. The highest BCUT2D eigenvalue weighted by Gasteiger charge is 2.16. The van der Waals surface area contributed by atoms with Crippen molar-refractivity contribution in [1.82, 2.24) is 15.3 Å². The molecule has 2 aromatic rings. The van der Waals surface area contributed by atoms with E-state index >= 15 is 0 Å². The van der Waals surface area contributed by atoms with Gasteiger partial charge in [-0.15, -0.1) is 0 Å². The lowest BCUT2D eigenvalue weighted by Gasteiger charge is -2.24. The third-order valence-corrected chi connectivity index (χ3v) is 7.54. The van der Waals surface area contributed by atoms with Crippen LogP contribution in [-0.4, -0.2) is 67.9 Å². The van der Waals surface area contributed by atoms with Gasteiger partial charge in [-0.05, 0) is 100 Å². The average Bonchev–Trinajstić information content (AvgIpc) is 3.44. The Bertz CT molecular complexity index is 904. The molecule has 0 radical (unpaired) electrons. The molecule has 2 saturated heterocycles. The van der Waals surface area contributed by atoms with Crippen molar-refractivity contribution in [2.45, 2.75) is 76.9 Å². The van der Waals surface area contributed by atoms with E-state index in [0.717, 1.165) is 71.2 Å². The largest absolute Gasteiger partial charge is 0.350 e. The molecule has 1 unspecified atom stereocenters. The maximum Gasteiger partial charge on any atom is 0.243 e. The van der Waals surface area contributed by atoms with Crippen molar-refractivity contribution in [1.29, 1.82) is 0 Å². The second kappa shape index (κ2) is 15.3. The number of hydrogen-bond acceptors (Lipinski definition) is 5. The molecular formula is C30H45N3O3. The molecule has 2 aliphatic heterocycles. The Morgan fingerprint density at radius 1 is 0.944 bits per heavy atom. The van der Waals surface area contributed by atoms with Gasteiger partial charge in [0.1, 0.15) is 0 Å². The van der Waals surface area contributed by atoms with Gasteiger partial charge in [-0.3, -0.25) is 4.79 Å². The third-order valence-electron chi connectivity index (χ3n) is 7.54. The van der Waals surface area contributed by atoms with Gasteiger partial charge >= 0.3 is 0 Å². The Labute approximate surface area is 217 Å². The minimum absolute atomic E-state index is 0.0393. The quantitative estimate of drug-likeness (QED) is 0.268. The van der Waals surface area contributed by atoms with Crippen LogP contribution in [0.1, 0.15) is 69.8 Å². The highest BCUT2D eigenvalue weighted by Crippen LogP contribution is 2.19. The lowest BCUT2D eigenvalue weighted by Crippen LogP contribution is -2.33. The number of nitrogens with zero attached hydrogens (tertiary/aromatic N) is 2. The standard InChI is InChI=1S/C30H45N3O3/c34-29(31-36-30-17-5-9-25-35-30)16-2-1-6-19-33(23-11-22-32-20-7-8-21-32)24-18-27-14-10-13-26-12-3-4-15-28(26)27/h3-4,10,12-15,30H,1-2,5-9,11,16-25H2,(H,31,34). The van der Waals surface area contributed by atoms with E-state index in [4.69, 9.17) is 9.57 Å². The second-order valence-corrected chi connectivity index (χ2v) is 10.4. The molecule has 1 atom stereocenters. The number of carbonyl (C=O) groups excluding carboxylic acids is 1. The number of rotatable bonds is 15. The van der Waals surface area contributed by atoms with Gasteiger partial charge in [0.25, 0.3) is 0 Å². The van der Waals surface area contributed by atoms with Crippen LogP contribution in [0.4, 0.5) is 0 Å². The first-order valence-corrected chi connectivity index (χ1v) is 14.3. The number of ether oxygens (including phenoxy) is 1. The highest BCUT2D eigenvalue weighted by atomic mass is 16.8. The zero-order valence-corrected chi connectivity index (χ0v) is 22.0. The summed E-state index contributed by atoms with van der Waals surface area (Å²) in [5.74, 6) is -0.0393. The molecule has 1 N–H and O–H groups in total. The summed E-state index contributed by atoms with van der Waals surface area (Å²) in [6.45, 7) is 7.81. The Balaban J connectivity index is 1.17. The predicted octanol–water partition coefficient (Wildman–Crippen LogP) is 5.31. The van der Waals surface area contributed by atoms with Crippen molar-refractivity contribution < 1.29 is 14.4 Å². The summed E-state index contributed by atoms with van der Waals surface area (Å²) in [6, 6.07) is 15.4. The van der Waals surface area contributed by atoms with E-state index in [-0.39, 0.29) is 12.2 Å². The fraction of sp³-hybridized carbons (Fsp3) is 0.633. The molecular weight excluding hydrogens is 450 g/mol. The van der Waals surface area contributed by atoms with Gasteiger partial charge in [-0.25, -0.2) is 10.3 Å². The van der Waals surface area contributed by atoms with Gasteiger partial charge in [0, 0.05) is 26.0 Å². The molecule has 2 fully saturated rings. The van der Waals surface area contributed by atoms with Crippen molar-refractivity contribution >= 4 is 16.7 Å². The van der Waals surface area contributed by atoms with Gasteiger partial charge in [0.2, 0.25) is 5.91 Å². The molecule has 0 spiro atoms. The van der Waals surface area contributed by atoms with Crippen molar-refractivity contribution in [3.05, 3.63) is 48.0 Å². The summed E-state index contributed by atoms with van der Waals surface area (Å²) < 4.78 is 5.50. The van der Waals surface area contributed by atoms with E-state index < -0.39 is 0 Å². The molecule has 0 saturated carbocycles. The first-order valence-electron chi connectivity index (χ1n) is 14.3. The number of nitrogens with one attached hydrogen (secondary N) is 1. The molecule has 1 amide bonds. The summed E-state index contributed by atoms with van der Waals surface area (Å²) in [5.41, 5.74) is 4.02. The average molecular weight is 496 g/mol. The highest BCUT2D eigenvalue weighted by molar-refractivity contribution is 5.85. The molecule has 2 aromatic carbocycles. The van der Waals surface area contributed by atoms with Gasteiger partial charge in [0.15, 0.2) is 6.29 Å². The van der Waals surface area contributed by atoms with Gasteiger partial charge in [-0.1, -0.05) is 48.9 Å². The van der Waals surface area contributed by atoms with Crippen LogP contribution in [0.3, 0.4) is 0 Å². The SMILES string of the molecule is O=C(CCCCCN(CCCN1CCCC1)CCc1cccc2ccccc12)NOC1CCCCO1. The van der Waals surface area contributed by atoms with Crippen molar-refractivity contribution in [3.63, 3.8) is 0 Å². The molecule has 2 aliphatic rings. The van der Waals surface area contributed by atoms with Gasteiger partial charge in [-0.2, -0.15) is 0 Å². The van der Waals surface area contributed by atoms with Crippen LogP contribution in [0.5, 0.6) is 0 Å². The summed E-state index contributed by atoms with van der Waals surface area (Å²) in [7, 11) is 0. The van der Waals surface area contributed by atoms with Crippen LogP contribution >= 0.6 is 0 Å². The zero-order chi connectivity index (χ0) is 24.8. The molecule has 36 heavy (non-hydrogen) atoms. The minimum Gasteiger partial charge on any atom is -0.350 e. The van der Waals surface area contributed by atoms with E-state index in [0.29, 0.717) is 6.42 Å². The number of fused-ring (bicyclic) bond motifs is 1. The molecule has 6 heteroatoms. The number of hydroxylamine groups is 1. The maximum absolute atomic E-state index is 12.1. The minimum atomic E-state index is -0.279. The summed E-state index contributed by atoms with van der Waals surface area (Å²) in [6.07, 6.45) is 11.4.